The van der Waals surface area contributed by atoms with Crippen LogP contribution in [0.15, 0.2) is 36.4 Å². The summed E-state index contributed by atoms with van der Waals surface area (Å²) in [4.78, 5) is 28.9. The molecule has 2 atom stereocenters. The van der Waals surface area contributed by atoms with Crippen LogP contribution in [0.2, 0.25) is 0 Å². The molecule has 2 aromatic carbocycles. The van der Waals surface area contributed by atoms with Crippen molar-refractivity contribution in [1.29, 1.82) is 0 Å². The number of nitrogens with one attached hydrogen (secondary N) is 1. The molecule has 0 aliphatic carbocycles. The Labute approximate surface area is 239 Å². The number of ether oxygens (including phenoxy) is 1. The number of aryl methyl sites for hydroxylation is 1. The molecule has 2 aromatic rings. The number of halogens is 7. The molecule has 0 unspecified atom stereocenters. The number of likely N-dealkylation sites (tertiary alicyclic amines) is 1. The highest BCUT2D eigenvalue weighted by atomic mass is 19.4. The molecule has 3 rings (SSSR count). The third kappa shape index (κ3) is 8.51. The molecule has 1 saturated heterocycles. The highest BCUT2D eigenvalue weighted by Crippen LogP contribution is 2.37. The van der Waals surface area contributed by atoms with Crippen molar-refractivity contribution in [3.63, 3.8) is 0 Å². The molecule has 42 heavy (non-hydrogen) atoms. The van der Waals surface area contributed by atoms with E-state index in [2.05, 4.69) is 5.32 Å². The van der Waals surface area contributed by atoms with E-state index in [1.54, 1.807) is 40.8 Å². The second kappa shape index (κ2) is 12.4. The van der Waals surface area contributed by atoms with Crippen LogP contribution in [0.4, 0.5) is 40.3 Å². The Kier molecular flexibility index (Phi) is 9.73. The van der Waals surface area contributed by atoms with Gasteiger partial charge in [-0.15, -0.1) is 0 Å². The van der Waals surface area contributed by atoms with E-state index >= 15 is 0 Å². The van der Waals surface area contributed by atoms with Crippen LogP contribution in [-0.2, 0) is 23.5 Å². The van der Waals surface area contributed by atoms with E-state index in [9.17, 15) is 40.3 Å². The lowest BCUT2D eigenvalue weighted by atomic mass is 9.89. The fourth-order valence-corrected chi connectivity index (χ4v) is 4.91. The summed E-state index contributed by atoms with van der Waals surface area (Å²) in [6.45, 7) is 6.83. The standard InChI is InChI=1S/C29H34F7N3O3/c1-17-12-21(30)6-7-23(17)24-16-22(38(5)26(41)42-27(2,3)4)9-11-39(24)25(40)37-10-8-18-13-19(28(31,32)33)15-20(14-18)29(34,35)36/h6-7,12-15,22,24H,8-11,16H2,1-5H3,(H,37,40)/t22-,24+/m0/s1. The van der Waals surface area contributed by atoms with E-state index in [0.717, 1.165) is 0 Å². The molecule has 0 radical (unpaired) electrons. The highest BCUT2D eigenvalue weighted by Gasteiger charge is 2.38. The minimum absolute atomic E-state index is 0.0517. The van der Waals surface area contributed by atoms with Crippen molar-refractivity contribution >= 4 is 12.1 Å². The number of alkyl halides is 6. The number of nitrogens with zero attached hydrogens (tertiary/aromatic N) is 2. The van der Waals surface area contributed by atoms with Crippen LogP contribution in [0.1, 0.15) is 67.5 Å². The molecule has 6 nitrogen and oxygen atoms in total. The third-order valence-electron chi connectivity index (χ3n) is 6.99. The van der Waals surface area contributed by atoms with E-state index in [1.807, 2.05) is 0 Å². The van der Waals surface area contributed by atoms with Crippen LogP contribution in [0.5, 0.6) is 0 Å². The third-order valence-corrected chi connectivity index (χ3v) is 6.99. The lowest BCUT2D eigenvalue weighted by Gasteiger charge is -2.43. The van der Waals surface area contributed by atoms with Crippen molar-refractivity contribution in [3.05, 3.63) is 70.0 Å². The Balaban J connectivity index is 1.79. The first kappa shape index (κ1) is 33.0. The topological polar surface area (TPSA) is 61.9 Å². The molecule has 0 bridgehead atoms. The van der Waals surface area contributed by atoms with Gasteiger partial charge in [0.2, 0.25) is 0 Å². The van der Waals surface area contributed by atoms with Crippen LogP contribution >= 0.6 is 0 Å². The first-order valence-electron chi connectivity index (χ1n) is 13.3. The van der Waals surface area contributed by atoms with Gasteiger partial charge in [0, 0.05) is 26.2 Å². The quantitative estimate of drug-likeness (QED) is 0.359. The Bertz CT molecular complexity index is 1260. The summed E-state index contributed by atoms with van der Waals surface area (Å²) in [6, 6.07) is 3.91. The van der Waals surface area contributed by atoms with E-state index in [1.165, 1.54) is 21.9 Å². The van der Waals surface area contributed by atoms with Gasteiger partial charge in [0.15, 0.2) is 0 Å². The maximum Gasteiger partial charge on any atom is 0.416 e. The van der Waals surface area contributed by atoms with Gasteiger partial charge in [0.1, 0.15) is 11.4 Å². The SMILES string of the molecule is Cc1cc(F)ccc1[C@H]1C[C@@H](N(C)C(=O)OC(C)(C)C)CCN1C(=O)NCCc1cc(C(F)(F)F)cc(C(F)(F)F)c1. The summed E-state index contributed by atoms with van der Waals surface area (Å²) >= 11 is 0. The molecule has 1 heterocycles. The van der Waals surface area contributed by atoms with Gasteiger partial charge in [-0.05, 0) is 94.0 Å². The lowest BCUT2D eigenvalue weighted by Crippen LogP contribution is -2.52. The molecule has 1 aliphatic rings. The summed E-state index contributed by atoms with van der Waals surface area (Å²) < 4.78 is 98.6. The number of hydrogen-bond donors (Lipinski definition) is 1. The molecule has 1 aliphatic heterocycles. The summed E-state index contributed by atoms with van der Waals surface area (Å²) in [7, 11) is 1.59. The Morgan fingerprint density at radius 1 is 1.00 bits per heavy atom. The van der Waals surface area contributed by atoms with Crippen molar-refractivity contribution in [1.82, 2.24) is 15.1 Å². The second-order valence-electron chi connectivity index (χ2n) is 11.4. The molecule has 3 amide bonds. The average molecular weight is 606 g/mol. The maximum absolute atomic E-state index is 13.9. The summed E-state index contributed by atoms with van der Waals surface area (Å²) in [5, 5.41) is 2.59. The lowest BCUT2D eigenvalue weighted by molar-refractivity contribution is -0.143. The van der Waals surface area contributed by atoms with Gasteiger partial charge in [-0.3, -0.25) is 0 Å². The zero-order valence-electron chi connectivity index (χ0n) is 23.9. The molecule has 13 heteroatoms. The van der Waals surface area contributed by atoms with E-state index in [4.69, 9.17) is 4.74 Å². The molecule has 232 valence electrons. The van der Waals surface area contributed by atoms with E-state index in [0.29, 0.717) is 29.7 Å². The predicted molar refractivity (Wildman–Crippen MR) is 141 cm³/mol. The van der Waals surface area contributed by atoms with Gasteiger partial charge in [0.25, 0.3) is 0 Å². The van der Waals surface area contributed by atoms with E-state index in [-0.39, 0.29) is 43.6 Å². The van der Waals surface area contributed by atoms with E-state index < -0.39 is 53.1 Å². The molecule has 0 saturated carbocycles. The molecular weight excluding hydrogens is 571 g/mol. The largest absolute Gasteiger partial charge is 0.444 e. The van der Waals surface area contributed by atoms with Crippen molar-refractivity contribution in [3.8, 4) is 0 Å². The monoisotopic (exact) mass is 605 g/mol. The van der Waals surface area contributed by atoms with Gasteiger partial charge in [0.05, 0.1) is 17.2 Å². The molecule has 0 aromatic heterocycles. The zero-order valence-corrected chi connectivity index (χ0v) is 23.9. The van der Waals surface area contributed by atoms with Gasteiger partial charge < -0.3 is 19.9 Å². The average Bonchev–Trinajstić information content (AvgIpc) is 2.85. The number of amides is 3. The molecule has 0 spiro atoms. The first-order chi connectivity index (χ1) is 19.3. The van der Waals surface area contributed by atoms with Crippen LogP contribution in [-0.4, -0.2) is 53.7 Å². The van der Waals surface area contributed by atoms with Crippen molar-refractivity contribution < 1.29 is 45.1 Å². The number of urea groups is 1. The number of piperidine rings is 1. The normalized spacial score (nSPS) is 18.0. The van der Waals surface area contributed by atoms with Gasteiger partial charge in [-0.2, -0.15) is 26.3 Å². The number of hydrogen-bond acceptors (Lipinski definition) is 3. The van der Waals surface area contributed by atoms with Crippen LogP contribution < -0.4 is 5.32 Å². The van der Waals surface area contributed by atoms with Crippen LogP contribution in [0.3, 0.4) is 0 Å². The van der Waals surface area contributed by atoms with Gasteiger partial charge in [-0.1, -0.05) is 6.07 Å². The van der Waals surface area contributed by atoms with Gasteiger partial charge >= 0.3 is 24.5 Å². The fourth-order valence-electron chi connectivity index (χ4n) is 4.91. The van der Waals surface area contributed by atoms with Crippen molar-refractivity contribution in [2.75, 3.05) is 20.1 Å². The minimum atomic E-state index is -4.98. The maximum atomic E-state index is 13.9. The number of rotatable bonds is 5. The Hall–Kier alpha value is -3.51. The number of carbonyl (C=O) groups is 2. The van der Waals surface area contributed by atoms with Crippen molar-refractivity contribution in [2.45, 2.75) is 77.0 Å². The van der Waals surface area contributed by atoms with Crippen LogP contribution in [0, 0.1) is 12.7 Å². The first-order valence-corrected chi connectivity index (χ1v) is 13.3. The smallest absolute Gasteiger partial charge is 0.416 e. The number of carbonyl (C=O) groups excluding carboxylic acids is 2. The Morgan fingerprint density at radius 2 is 1.60 bits per heavy atom. The minimum Gasteiger partial charge on any atom is -0.444 e. The summed E-state index contributed by atoms with van der Waals surface area (Å²) in [5.74, 6) is -0.468. The molecule has 1 fully saturated rings. The second-order valence-corrected chi connectivity index (χ2v) is 11.4. The summed E-state index contributed by atoms with van der Waals surface area (Å²) in [6.07, 6.45) is -10.1. The summed E-state index contributed by atoms with van der Waals surface area (Å²) in [5.41, 5.74) is -2.60. The highest BCUT2D eigenvalue weighted by molar-refractivity contribution is 5.75. The molecular formula is C29H34F7N3O3. The zero-order chi connectivity index (χ0) is 31.6. The van der Waals surface area contributed by atoms with Crippen molar-refractivity contribution in [2.24, 2.45) is 0 Å². The number of benzene rings is 2. The van der Waals surface area contributed by atoms with Gasteiger partial charge in [-0.25, -0.2) is 14.0 Å². The Morgan fingerprint density at radius 3 is 2.12 bits per heavy atom. The predicted octanol–water partition coefficient (Wildman–Crippen LogP) is 7.50. The van der Waals surface area contributed by atoms with Crippen LogP contribution in [0.25, 0.3) is 0 Å². The molecule has 1 N–H and O–H groups in total. The fraction of sp³-hybridized carbons (Fsp3) is 0.517.